The summed E-state index contributed by atoms with van der Waals surface area (Å²) in [7, 11) is 0. The van der Waals surface area contributed by atoms with Crippen LogP contribution in [0.15, 0.2) is 71.9 Å². The van der Waals surface area contributed by atoms with E-state index in [2.05, 4.69) is 43.2 Å². The number of aryl methyl sites for hydroxylation is 2. The summed E-state index contributed by atoms with van der Waals surface area (Å²) in [6.45, 7) is 6.18. The van der Waals surface area contributed by atoms with E-state index in [1.54, 1.807) is 6.20 Å². The van der Waals surface area contributed by atoms with Crippen molar-refractivity contribution in [2.45, 2.75) is 26.3 Å². The lowest BCUT2D eigenvalue weighted by atomic mass is 9.94. The molecule has 1 aliphatic heterocycles. The van der Waals surface area contributed by atoms with Gasteiger partial charge in [0.15, 0.2) is 11.3 Å². The van der Waals surface area contributed by atoms with Gasteiger partial charge in [0, 0.05) is 6.20 Å². The standard InChI is InChI=1S/C22H21N3O/c1-15-9-8-10-16(2)20(15)24-21-22(3,19-13-6-7-14-23-19)25-17-11-4-5-12-18(17)26-21/h4-14,25H,1-3H3/t22-/m1/s1. The number of anilines is 1. The van der Waals surface area contributed by atoms with Crippen LogP contribution in [0.5, 0.6) is 5.75 Å². The van der Waals surface area contributed by atoms with E-state index in [4.69, 9.17) is 9.73 Å². The number of hydrogen-bond acceptors (Lipinski definition) is 4. The minimum Gasteiger partial charge on any atom is -0.438 e. The molecule has 4 heteroatoms. The maximum Gasteiger partial charge on any atom is 0.227 e. The maximum absolute atomic E-state index is 6.26. The molecule has 1 N–H and O–H groups in total. The topological polar surface area (TPSA) is 46.5 Å². The molecule has 0 radical (unpaired) electrons. The molecule has 0 spiro atoms. The van der Waals surface area contributed by atoms with Crippen molar-refractivity contribution in [2.75, 3.05) is 5.32 Å². The van der Waals surface area contributed by atoms with E-state index >= 15 is 0 Å². The molecule has 0 fully saturated rings. The molecule has 2 aromatic carbocycles. The number of para-hydroxylation sites is 3. The number of aromatic nitrogens is 1. The molecule has 1 atom stereocenters. The largest absolute Gasteiger partial charge is 0.438 e. The first-order chi connectivity index (χ1) is 12.6. The van der Waals surface area contributed by atoms with Crippen LogP contribution in [0.3, 0.4) is 0 Å². The van der Waals surface area contributed by atoms with Crippen LogP contribution < -0.4 is 10.1 Å². The van der Waals surface area contributed by atoms with E-state index in [-0.39, 0.29) is 0 Å². The number of rotatable bonds is 2. The van der Waals surface area contributed by atoms with Crippen molar-refractivity contribution in [3.05, 3.63) is 83.7 Å². The fraction of sp³-hybridized carbons (Fsp3) is 0.182. The number of aliphatic imine (C=N–C) groups is 1. The number of pyridine rings is 1. The van der Waals surface area contributed by atoms with Crippen LogP contribution in [-0.4, -0.2) is 10.9 Å². The quantitative estimate of drug-likeness (QED) is 0.700. The number of ether oxygens (including phenoxy) is 1. The predicted octanol–water partition coefficient (Wildman–Crippen LogP) is 5.15. The van der Waals surface area contributed by atoms with Gasteiger partial charge in [0.1, 0.15) is 0 Å². The van der Waals surface area contributed by atoms with E-state index in [0.29, 0.717) is 5.90 Å². The van der Waals surface area contributed by atoms with Crippen molar-refractivity contribution < 1.29 is 4.74 Å². The number of hydrogen-bond donors (Lipinski definition) is 1. The van der Waals surface area contributed by atoms with Crippen molar-refractivity contribution in [1.29, 1.82) is 0 Å². The van der Waals surface area contributed by atoms with Crippen molar-refractivity contribution in [1.82, 2.24) is 4.98 Å². The number of nitrogens with one attached hydrogen (secondary N) is 1. The molecule has 0 saturated heterocycles. The third kappa shape index (κ3) is 2.73. The summed E-state index contributed by atoms with van der Waals surface area (Å²) in [4.78, 5) is 9.50. The molecule has 0 bridgehead atoms. The van der Waals surface area contributed by atoms with E-state index in [9.17, 15) is 0 Å². The first-order valence-corrected chi connectivity index (χ1v) is 8.70. The molecule has 1 aromatic heterocycles. The Kier molecular flexibility index (Phi) is 3.96. The van der Waals surface area contributed by atoms with Gasteiger partial charge in [-0.15, -0.1) is 0 Å². The Bertz CT molecular complexity index is 961. The second-order valence-corrected chi connectivity index (χ2v) is 6.72. The Hall–Kier alpha value is -3.14. The second-order valence-electron chi connectivity index (χ2n) is 6.72. The fourth-order valence-electron chi connectivity index (χ4n) is 3.24. The summed E-state index contributed by atoms with van der Waals surface area (Å²) in [5, 5.41) is 3.58. The Labute approximate surface area is 153 Å². The summed E-state index contributed by atoms with van der Waals surface area (Å²) in [6, 6.07) is 19.9. The van der Waals surface area contributed by atoms with Crippen LogP contribution in [-0.2, 0) is 5.54 Å². The predicted molar refractivity (Wildman–Crippen MR) is 105 cm³/mol. The lowest BCUT2D eigenvalue weighted by Crippen LogP contribution is -2.47. The van der Waals surface area contributed by atoms with Crippen LogP contribution in [0.4, 0.5) is 11.4 Å². The number of fused-ring (bicyclic) bond motifs is 1. The molecule has 0 amide bonds. The van der Waals surface area contributed by atoms with Crippen molar-refractivity contribution >= 4 is 17.3 Å². The van der Waals surface area contributed by atoms with Gasteiger partial charge >= 0.3 is 0 Å². The Morgan fingerprint density at radius 1 is 0.923 bits per heavy atom. The summed E-state index contributed by atoms with van der Waals surface area (Å²) < 4.78 is 6.26. The molecule has 0 saturated carbocycles. The van der Waals surface area contributed by atoms with E-state index in [0.717, 1.165) is 33.9 Å². The average molecular weight is 343 g/mol. The Balaban J connectivity index is 1.91. The molecule has 0 unspecified atom stereocenters. The van der Waals surface area contributed by atoms with Gasteiger partial charge in [-0.1, -0.05) is 36.4 Å². The zero-order valence-electron chi connectivity index (χ0n) is 15.2. The minimum absolute atomic E-state index is 0.590. The average Bonchev–Trinajstić information content (AvgIpc) is 2.66. The van der Waals surface area contributed by atoms with E-state index in [1.165, 1.54) is 0 Å². The molecule has 2 heterocycles. The number of benzene rings is 2. The molecule has 4 nitrogen and oxygen atoms in total. The first-order valence-electron chi connectivity index (χ1n) is 8.70. The van der Waals surface area contributed by atoms with Crippen LogP contribution in [0.1, 0.15) is 23.7 Å². The van der Waals surface area contributed by atoms with Crippen molar-refractivity contribution in [3.63, 3.8) is 0 Å². The molecule has 4 rings (SSSR count). The zero-order chi connectivity index (χ0) is 18.1. The van der Waals surface area contributed by atoms with Gasteiger partial charge in [0.25, 0.3) is 0 Å². The first kappa shape index (κ1) is 16.3. The highest BCUT2D eigenvalue weighted by atomic mass is 16.5. The van der Waals surface area contributed by atoms with Gasteiger partial charge < -0.3 is 10.1 Å². The lowest BCUT2D eigenvalue weighted by molar-refractivity contribution is 0.459. The van der Waals surface area contributed by atoms with Gasteiger partial charge in [-0.3, -0.25) is 4.98 Å². The highest BCUT2D eigenvalue weighted by Crippen LogP contribution is 2.39. The lowest BCUT2D eigenvalue weighted by Gasteiger charge is -2.37. The third-order valence-corrected chi connectivity index (χ3v) is 4.74. The normalized spacial score (nSPS) is 20.2. The van der Waals surface area contributed by atoms with Crippen LogP contribution >= 0.6 is 0 Å². The molecule has 26 heavy (non-hydrogen) atoms. The molecule has 130 valence electrons. The SMILES string of the molecule is Cc1cccc(C)c1N=C1Oc2ccccc2N[C@]1(C)c1ccccn1. The molecule has 1 aliphatic rings. The molecular formula is C22H21N3O. The highest BCUT2D eigenvalue weighted by molar-refractivity contribution is 5.97. The van der Waals surface area contributed by atoms with Crippen molar-refractivity contribution in [2.24, 2.45) is 4.99 Å². The van der Waals surface area contributed by atoms with E-state index < -0.39 is 5.54 Å². The van der Waals surface area contributed by atoms with Crippen LogP contribution in [0.25, 0.3) is 0 Å². The second kappa shape index (κ2) is 6.30. The van der Waals surface area contributed by atoms with Gasteiger partial charge in [-0.25, -0.2) is 4.99 Å². The zero-order valence-corrected chi connectivity index (χ0v) is 15.2. The summed E-state index contributed by atoms with van der Waals surface area (Å²) >= 11 is 0. The van der Waals surface area contributed by atoms with Gasteiger partial charge in [-0.05, 0) is 56.2 Å². The fourth-order valence-corrected chi connectivity index (χ4v) is 3.24. The van der Waals surface area contributed by atoms with Crippen LogP contribution in [0, 0.1) is 13.8 Å². The summed E-state index contributed by atoms with van der Waals surface area (Å²) in [5.41, 5.74) is 4.29. The monoisotopic (exact) mass is 343 g/mol. The minimum atomic E-state index is -0.662. The third-order valence-electron chi connectivity index (χ3n) is 4.74. The maximum atomic E-state index is 6.26. The van der Waals surface area contributed by atoms with E-state index in [1.807, 2.05) is 48.5 Å². The van der Waals surface area contributed by atoms with Crippen molar-refractivity contribution in [3.8, 4) is 5.75 Å². The Morgan fingerprint density at radius 3 is 2.38 bits per heavy atom. The van der Waals surface area contributed by atoms with Gasteiger partial charge in [-0.2, -0.15) is 0 Å². The van der Waals surface area contributed by atoms with Gasteiger partial charge in [0.2, 0.25) is 5.90 Å². The summed E-state index contributed by atoms with van der Waals surface area (Å²) in [6.07, 6.45) is 1.79. The van der Waals surface area contributed by atoms with Crippen LogP contribution in [0.2, 0.25) is 0 Å². The number of nitrogens with zero attached hydrogens (tertiary/aromatic N) is 2. The summed E-state index contributed by atoms with van der Waals surface area (Å²) in [5.74, 6) is 1.36. The van der Waals surface area contributed by atoms with Gasteiger partial charge in [0.05, 0.1) is 17.1 Å². The highest BCUT2D eigenvalue weighted by Gasteiger charge is 2.40. The molecule has 0 aliphatic carbocycles. The molecule has 3 aromatic rings. The smallest absolute Gasteiger partial charge is 0.227 e. The Morgan fingerprint density at radius 2 is 1.65 bits per heavy atom. The molecular weight excluding hydrogens is 322 g/mol.